The summed E-state index contributed by atoms with van der Waals surface area (Å²) in [5, 5.41) is 12.0. The van der Waals surface area contributed by atoms with Crippen LogP contribution in [0.5, 0.6) is 0 Å². The van der Waals surface area contributed by atoms with Crippen molar-refractivity contribution in [3.8, 4) is 27.9 Å². The molecule has 0 atom stereocenters. The van der Waals surface area contributed by atoms with Crippen molar-refractivity contribution in [3.63, 3.8) is 0 Å². The summed E-state index contributed by atoms with van der Waals surface area (Å²) in [6.45, 7) is 12.0. The molecule has 11 aromatic rings. The van der Waals surface area contributed by atoms with Gasteiger partial charge in [-0.05, 0) is 131 Å². The SMILES string of the molecule is Cc1ccc(Nc2ccccc2-c2cc(-c3ccc4c(c3)sc3ccccc34)c3c4cc5c(cc4n4c3c2Bc2cc3sc6ccccc6c3cc2-4)C(C)(C)CCC5(C)C)cc1. The summed E-state index contributed by atoms with van der Waals surface area (Å²) in [6, 6.07) is 55.6. The Kier molecular flexibility index (Phi) is 7.63. The van der Waals surface area contributed by atoms with Gasteiger partial charge in [-0.2, -0.15) is 0 Å². The van der Waals surface area contributed by atoms with Crippen LogP contribution < -0.4 is 16.2 Å². The molecule has 4 heterocycles. The topological polar surface area (TPSA) is 17.0 Å². The van der Waals surface area contributed by atoms with Crippen molar-refractivity contribution in [3.05, 3.63) is 162 Å². The first-order valence-electron chi connectivity index (χ1n) is 22.1. The Bertz CT molecular complexity index is 3710. The first-order chi connectivity index (χ1) is 30.1. The molecule has 0 saturated heterocycles. The highest BCUT2D eigenvalue weighted by Gasteiger charge is 2.39. The molecule has 5 heteroatoms. The summed E-state index contributed by atoms with van der Waals surface area (Å²) in [6.07, 6.45) is 2.36. The summed E-state index contributed by atoms with van der Waals surface area (Å²) in [5.41, 5.74) is 18.4. The Morgan fingerprint density at radius 3 is 1.95 bits per heavy atom. The molecule has 0 saturated carbocycles. The molecule has 62 heavy (non-hydrogen) atoms. The van der Waals surface area contributed by atoms with Crippen LogP contribution in [0, 0.1) is 6.92 Å². The second-order valence-electron chi connectivity index (χ2n) is 19.3. The van der Waals surface area contributed by atoms with E-state index < -0.39 is 0 Å². The number of rotatable bonds is 4. The zero-order chi connectivity index (χ0) is 41.6. The highest BCUT2D eigenvalue weighted by molar-refractivity contribution is 7.26. The third-order valence-electron chi connectivity index (χ3n) is 14.5. The van der Waals surface area contributed by atoms with Crippen molar-refractivity contribution in [1.29, 1.82) is 0 Å². The minimum atomic E-state index is 0.0738. The third-order valence-corrected chi connectivity index (χ3v) is 16.8. The number of benzene rings is 8. The van der Waals surface area contributed by atoms with Crippen molar-refractivity contribution >= 4 is 114 Å². The molecule has 1 aliphatic carbocycles. The number of thiophene rings is 2. The van der Waals surface area contributed by atoms with E-state index in [2.05, 4.69) is 190 Å². The first kappa shape index (κ1) is 36.5. The number of aryl methyl sites for hydroxylation is 1. The summed E-state index contributed by atoms with van der Waals surface area (Å²) >= 11 is 3.83. The second kappa shape index (κ2) is 13.0. The molecule has 8 aromatic carbocycles. The Balaban J connectivity index is 1.19. The van der Waals surface area contributed by atoms with Crippen LogP contribution in [0.2, 0.25) is 0 Å². The Labute approximate surface area is 370 Å². The lowest BCUT2D eigenvalue weighted by Gasteiger charge is -2.42. The van der Waals surface area contributed by atoms with E-state index in [9.17, 15) is 0 Å². The van der Waals surface area contributed by atoms with Gasteiger partial charge in [-0.15, -0.1) is 22.7 Å². The van der Waals surface area contributed by atoms with Gasteiger partial charge < -0.3 is 9.88 Å². The smallest absolute Gasteiger partial charge is 0.198 e. The molecular weight excluding hydrogens is 788 g/mol. The quantitative estimate of drug-likeness (QED) is 0.175. The predicted molar refractivity (Wildman–Crippen MR) is 274 cm³/mol. The van der Waals surface area contributed by atoms with Gasteiger partial charge in [0.15, 0.2) is 7.28 Å². The van der Waals surface area contributed by atoms with Gasteiger partial charge in [0.1, 0.15) is 0 Å². The number of para-hydroxylation sites is 1. The van der Waals surface area contributed by atoms with Crippen LogP contribution >= 0.6 is 22.7 Å². The largest absolute Gasteiger partial charge is 0.355 e. The summed E-state index contributed by atoms with van der Waals surface area (Å²) < 4.78 is 8.07. The molecule has 1 N–H and O–H groups in total. The zero-order valence-electron chi connectivity index (χ0n) is 35.7. The molecule has 0 radical (unpaired) electrons. The molecule has 1 aliphatic heterocycles. The van der Waals surface area contributed by atoms with Gasteiger partial charge in [-0.25, -0.2) is 0 Å². The lowest BCUT2D eigenvalue weighted by molar-refractivity contribution is 0.332. The fourth-order valence-electron chi connectivity index (χ4n) is 11.1. The number of nitrogens with one attached hydrogen (secondary N) is 1. The number of hydrogen-bond acceptors (Lipinski definition) is 3. The number of aromatic nitrogens is 1. The van der Waals surface area contributed by atoms with Crippen molar-refractivity contribution in [1.82, 2.24) is 4.57 Å². The van der Waals surface area contributed by atoms with E-state index in [-0.39, 0.29) is 10.8 Å². The molecule has 2 aliphatic rings. The van der Waals surface area contributed by atoms with E-state index in [1.165, 1.54) is 131 Å². The van der Waals surface area contributed by atoms with Gasteiger partial charge in [-0.1, -0.05) is 118 Å². The predicted octanol–water partition coefficient (Wildman–Crippen LogP) is 15.0. The molecule has 3 aromatic heterocycles. The van der Waals surface area contributed by atoms with Crippen molar-refractivity contribution in [2.24, 2.45) is 0 Å². The summed E-state index contributed by atoms with van der Waals surface area (Å²) in [4.78, 5) is 0. The van der Waals surface area contributed by atoms with Gasteiger partial charge in [0, 0.05) is 79.3 Å². The van der Waals surface area contributed by atoms with Gasteiger partial charge in [0.25, 0.3) is 0 Å². The van der Waals surface area contributed by atoms with Crippen LogP contribution in [-0.4, -0.2) is 11.8 Å². The average molecular weight is 833 g/mol. The number of nitrogens with zero attached hydrogens (tertiary/aromatic N) is 1. The van der Waals surface area contributed by atoms with E-state index in [1.807, 2.05) is 22.7 Å². The van der Waals surface area contributed by atoms with Crippen LogP contribution in [0.1, 0.15) is 57.2 Å². The van der Waals surface area contributed by atoms with Gasteiger partial charge in [-0.3, -0.25) is 0 Å². The summed E-state index contributed by atoms with van der Waals surface area (Å²) in [7, 11) is 0.854. The van der Waals surface area contributed by atoms with Crippen LogP contribution in [-0.2, 0) is 10.8 Å². The number of hydrogen-bond donors (Lipinski definition) is 1. The van der Waals surface area contributed by atoms with Gasteiger partial charge in [0.2, 0.25) is 0 Å². The molecule has 13 rings (SSSR count). The van der Waals surface area contributed by atoms with Crippen LogP contribution in [0.25, 0.3) is 90.1 Å². The van der Waals surface area contributed by atoms with Crippen molar-refractivity contribution in [2.75, 3.05) is 5.32 Å². The molecule has 0 fully saturated rings. The first-order valence-corrected chi connectivity index (χ1v) is 23.7. The summed E-state index contributed by atoms with van der Waals surface area (Å²) in [5.74, 6) is 0. The minimum absolute atomic E-state index is 0.0738. The highest BCUT2D eigenvalue weighted by Crippen LogP contribution is 2.51. The lowest BCUT2D eigenvalue weighted by Crippen LogP contribution is -2.37. The van der Waals surface area contributed by atoms with Crippen LogP contribution in [0.15, 0.2) is 146 Å². The minimum Gasteiger partial charge on any atom is -0.355 e. The maximum absolute atomic E-state index is 3.87. The Morgan fingerprint density at radius 2 is 1.19 bits per heavy atom. The van der Waals surface area contributed by atoms with E-state index >= 15 is 0 Å². The van der Waals surface area contributed by atoms with Crippen LogP contribution in [0.4, 0.5) is 11.4 Å². The maximum atomic E-state index is 3.87. The van der Waals surface area contributed by atoms with Gasteiger partial charge >= 0.3 is 0 Å². The van der Waals surface area contributed by atoms with Gasteiger partial charge in [0.05, 0.1) is 5.52 Å². The van der Waals surface area contributed by atoms with E-state index in [4.69, 9.17) is 0 Å². The monoisotopic (exact) mass is 832 g/mol. The molecule has 298 valence electrons. The molecule has 0 bridgehead atoms. The number of anilines is 2. The van der Waals surface area contributed by atoms with Crippen molar-refractivity contribution in [2.45, 2.75) is 58.3 Å². The average Bonchev–Trinajstić information content (AvgIpc) is 3.95. The zero-order valence-corrected chi connectivity index (χ0v) is 37.4. The fourth-order valence-corrected chi connectivity index (χ4v) is 13.4. The maximum Gasteiger partial charge on any atom is 0.198 e. The molecular formula is C57H45BN2S2. The van der Waals surface area contributed by atoms with Crippen molar-refractivity contribution < 1.29 is 0 Å². The number of fused-ring (bicyclic) bond motifs is 12. The molecule has 0 unspecified atom stereocenters. The molecule has 0 amide bonds. The highest BCUT2D eigenvalue weighted by atomic mass is 32.1. The Hall–Kier alpha value is -6.14. The Morgan fingerprint density at radius 1 is 0.548 bits per heavy atom. The third kappa shape index (κ3) is 5.28. The lowest BCUT2D eigenvalue weighted by atomic mass is 9.58. The normalized spacial score (nSPS) is 15.1. The standard InChI is InChI=1S/C57H45BN2S2/c1-32-18-21-34(22-19-32)59-46-15-9-6-12-35(46)41-27-39(33-20-23-38-36-13-7-10-16-49(36)61-51(38)26-33)53-42-28-43-44(57(4,5)25-24-56(43,2)3)30-47(42)60-48-29-40-37-14-8-11-17-50(37)62-52(40)31-45(48)58-54(41)55(53)60/h6-23,26-31,58-59H,24-25H2,1-5H3. The van der Waals surface area contributed by atoms with E-state index in [0.717, 1.165) is 18.7 Å². The molecule has 2 nitrogen and oxygen atoms in total. The van der Waals surface area contributed by atoms with E-state index in [1.54, 1.807) is 0 Å². The van der Waals surface area contributed by atoms with E-state index in [0.29, 0.717) is 0 Å². The second-order valence-corrected chi connectivity index (χ2v) is 21.5. The van der Waals surface area contributed by atoms with Crippen LogP contribution in [0.3, 0.4) is 0 Å². The fraction of sp³-hybridized carbons (Fsp3) is 0.158. The molecule has 0 spiro atoms.